The van der Waals surface area contributed by atoms with Crippen molar-refractivity contribution < 1.29 is 13.3 Å². The van der Waals surface area contributed by atoms with E-state index >= 15 is 0 Å². The molecule has 5 heteroatoms. The lowest BCUT2D eigenvalue weighted by Gasteiger charge is -2.15. The first-order chi connectivity index (χ1) is 8.15. The fourth-order valence-corrected chi connectivity index (χ4v) is 1.59. The summed E-state index contributed by atoms with van der Waals surface area (Å²) in [5, 5.41) is 3.59. The quantitative estimate of drug-likeness (QED) is 0.819. The van der Waals surface area contributed by atoms with Crippen LogP contribution in [0.3, 0.4) is 0 Å². The second-order valence-electron chi connectivity index (χ2n) is 3.89. The summed E-state index contributed by atoms with van der Waals surface area (Å²) in [5.41, 5.74) is 0.452. The van der Waals surface area contributed by atoms with Crippen LogP contribution in [0.5, 0.6) is 0 Å². The SMILES string of the molecule is CN(Cc1ccno1)Cc1ccc(F)cc1F. The van der Waals surface area contributed by atoms with Gasteiger partial charge in [-0.1, -0.05) is 11.2 Å². The van der Waals surface area contributed by atoms with Crippen LogP contribution in [-0.4, -0.2) is 17.1 Å². The fraction of sp³-hybridized carbons (Fsp3) is 0.250. The molecule has 0 aliphatic heterocycles. The van der Waals surface area contributed by atoms with E-state index in [0.717, 1.165) is 6.07 Å². The predicted molar refractivity (Wildman–Crippen MR) is 58.0 cm³/mol. The molecule has 2 rings (SSSR count). The average Bonchev–Trinajstić information content (AvgIpc) is 2.75. The maximum absolute atomic E-state index is 13.4. The molecule has 0 radical (unpaired) electrons. The highest BCUT2D eigenvalue weighted by Crippen LogP contribution is 2.13. The Balaban J connectivity index is 2.00. The first kappa shape index (κ1) is 11.7. The van der Waals surface area contributed by atoms with Crippen LogP contribution in [-0.2, 0) is 13.1 Å². The van der Waals surface area contributed by atoms with Gasteiger partial charge in [-0.25, -0.2) is 8.78 Å². The van der Waals surface area contributed by atoms with Crippen molar-refractivity contribution in [1.82, 2.24) is 10.1 Å². The second-order valence-corrected chi connectivity index (χ2v) is 3.89. The lowest BCUT2D eigenvalue weighted by atomic mass is 10.2. The van der Waals surface area contributed by atoms with Crippen molar-refractivity contribution in [2.24, 2.45) is 0 Å². The summed E-state index contributed by atoms with van der Waals surface area (Å²) in [4.78, 5) is 1.86. The van der Waals surface area contributed by atoms with Crippen LogP contribution in [0.2, 0.25) is 0 Å². The summed E-state index contributed by atoms with van der Waals surface area (Å²) >= 11 is 0. The minimum Gasteiger partial charge on any atom is -0.360 e. The standard InChI is InChI=1S/C12H12F2N2O/c1-16(8-11-4-5-15-17-11)7-9-2-3-10(13)6-12(9)14/h2-6H,7-8H2,1H3. The first-order valence-corrected chi connectivity index (χ1v) is 5.17. The zero-order valence-corrected chi connectivity index (χ0v) is 9.36. The molecule has 0 N–H and O–H groups in total. The molecule has 0 atom stereocenters. The van der Waals surface area contributed by atoms with Gasteiger partial charge in [0.15, 0.2) is 5.76 Å². The lowest BCUT2D eigenvalue weighted by molar-refractivity contribution is 0.263. The molecular weight excluding hydrogens is 226 g/mol. The number of benzene rings is 1. The second kappa shape index (κ2) is 5.05. The number of halogens is 2. The van der Waals surface area contributed by atoms with E-state index in [1.807, 2.05) is 11.9 Å². The molecule has 1 aromatic heterocycles. The van der Waals surface area contributed by atoms with Crippen LogP contribution in [0.4, 0.5) is 8.78 Å². The van der Waals surface area contributed by atoms with Gasteiger partial charge in [-0.2, -0.15) is 0 Å². The van der Waals surface area contributed by atoms with Crippen LogP contribution in [0.15, 0.2) is 35.0 Å². The van der Waals surface area contributed by atoms with Gasteiger partial charge in [0.1, 0.15) is 11.6 Å². The van der Waals surface area contributed by atoms with Crippen molar-refractivity contribution >= 4 is 0 Å². The molecule has 1 heterocycles. The van der Waals surface area contributed by atoms with Gasteiger partial charge in [0, 0.05) is 24.2 Å². The van der Waals surface area contributed by atoms with Crippen molar-refractivity contribution in [2.75, 3.05) is 7.05 Å². The molecule has 0 amide bonds. The Hall–Kier alpha value is -1.75. The number of nitrogens with zero attached hydrogens (tertiary/aromatic N) is 2. The fourth-order valence-electron chi connectivity index (χ4n) is 1.59. The lowest BCUT2D eigenvalue weighted by Crippen LogP contribution is -2.17. The van der Waals surface area contributed by atoms with Crippen molar-refractivity contribution in [1.29, 1.82) is 0 Å². The van der Waals surface area contributed by atoms with Crippen LogP contribution in [0.1, 0.15) is 11.3 Å². The van der Waals surface area contributed by atoms with Gasteiger partial charge < -0.3 is 4.52 Å². The molecule has 0 fully saturated rings. The van der Waals surface area contributed by atoms with Gasteiger partial charge in [0.2, 0.25) is 0 Å². The molecule has 17 heavy (non-hydrogen) atoms. The molecule has 0 bridgehead atoms. The Kier molecular flexibility index (Phi) is 3.49. The van der Waals surface area contributed by atoms with E-state index in [2.05, 4.69) is 5.16 Å². The summed E-state index contributed by atoms with van der Waals surface area (Å²) in [5.74, 6) is -0.395. The Bertz CT molecular complexity index is 485. The largest absolute Gasteiger partial charge is 0.360 e. The van der Waals surface area contributed by atoms with Crippen LogP contribution >= 0.6 is 0 Å². The van der Waals surface area contributed by atoms with E-state index in [1.54, 1.807) is 12.3 Å². The van der Waals surface area contributed by atoms with Gasteiger partial charge in [0.05, 0.1) is 12.7 Å². The molecule has 1 aromatic carbocycles. The third kappa shape index (κ3) is 3.10. The van der Waals surface area contributed by atoms with E-state index in [0.29, 0.717) is 24.4 Å². The highest BCUT2D eigenvalue weighted by molar-refractivity contribution is 5.18. The van der Waals surface area contributed by atoms with Crippen LogP contribution in [0, 0.1) is 11.6 Å². The Morgan fingerprint density at radius 1 is 1.24 bits per heavy atom. The average molecular weight is 238 g/mol. The molecular formula is C12H12F2N2O. The number of hydrogen-bond acceptors (Lipinski definition) is 3. The zero-order chi connectivity index (χ0) is 12.3. The van der Waals surface area contributed by atoms with Gasteiger partial charge in [-0.3, -0.25) is 4.90 Å². The van der Waals surface area contributed by atoms with Crippen molar-refractivity contribution in [3.05, 3.63) is 53.4 Å². The van der Waals surface area contributed by atoms with Crippen molar-refractivity contribution in [2.45, 2.75) is 13.1 Å². The van der Waals surface area contributed by atoms with Crippen LogP contribution < -0.4 is 0 Å². The highest BCUT2D eigenvalue weighted by Gasteiger charge is 2.08. The normalized spacial score (nSPS) is 11.1. The van der Waals surface area contributed by atoms with Crippen molar-refractivity contribution in [3.8, 4) is 0 Å². The summed E-state index contributed by atoms with van der Waals surface area (Å²) in [7, 11) is 1.82. The van der Waals surface area contributed by atoms with Crippen molar-refractivity contribution in [3.63, 3.8) is 0 Å². The Morgan fingerprint density at radius 2 is 2.06 bits per heavy atom. The summed E-state index contributed by atoms with van der Waals surface area (Å²) in [6, 6.07) is 5.33. The van der Waals surface area contributed by atoms with E-state index in [4.69, 9.17) is 4.52 Å². The van der Waals surface area contributed by atoms with Crippen LogP contribution in [0.25, 0.3) is 0 Å². The predicted octanol–water partition coefficient (Wildman–Crippen LogP) is 2.58. The number of rotatable bonds is 4. The maximum Gasteiger partial charge on any atom is 0.150 e. The van der Waals surface area contributed by atoms with E-state index in [9.17, 15) is 8.78 Å². The van der Waals surface area contributed by atoms with Gasteiger partial charge in [-0.15, -0.1) is 0 Å². The maximum atomic E-state index is 13.4. The number of hydrogen-bond donors (Lipinski definition) is 0. The minimum absolute atomic E-state index is 0.382. The summed E-state index contributed by atoms with van der Waals surface area (Å²) < 4.78 is 31.0. The smallest absolute Gasteiger partial charge is 0.150 e. The Labute approximate surface area is 97.6 Å². The third-order valence-corrected chi connectivity index (χ3v) is 2.37. The molecule has 90 valence electrons. The molecule has 0 saturated carbocycles. The highest BCUT2D eigenvalue weighted by atomic mass is 19.1. The van der Waals surface area contributed by atoms with Gasteiger partial charge in [-0.05, 0) is 13.1 Å². The molecule has 0 spiro atoms. The summed E-state index contributed by atoms with van der Waals surface area (Å²) in [6.45, 7) is 0.906. The molecule has 2 aromatic rings. The molecule has 3 nitrogen and oxygen atoms in total. The summed E-state index contributed by atoms with van der Waals surface area (Å²) in [6.07, 6.45) is 1.56. The molecule has 0 unspecified atom stereocenters. The van der Waals surface area contributed by atoms with E-state index in [1.165, 1.54) is 12.1 Å². The molecule has 0 saturated heterocycles. The number of aromatic nitrogens is 1. The monoisotopic (exact) mass is 238 g/mol. The molecule has 0 aliphatic carbocycles. The molecule has 0 aliphatic rings. The van der Waals surface area contributed by atoms with Gasteiger partial charge >= 0.3 is 0 Å². The zero-order valence-electron chi connectivity index (χ0n) is 9.36. The minimum atomic E-state index is -0.566. The topological polar surface area (TPSA) is 29.3 Å². The Morgan fingerprint density at radius 3 is 2.71 bits per heavy atom. The third-order valence-electron chi connectivity index (χ3n) is 2.37. The van der Waals surface area contributed by atoms with Gasteiger partial charge in [0.25, 0.3) is 0 Å². The van der Waals surface area contributed by atoms with E-state index in [-0.39, 0.29) is 0 Å². The van der Waals surface area contributed by atoms with E-state index < -0.39 is 11.6 Å². The first-order valence-electron chi connectivity index (χ1n) is 5.17.